The van der Waals surface area contributed by atoms with Gasteiger partial charge in [0.05, 0.1) is 0 Å². The number of nitrogens with two attached hydrogens (primary N) is 1. The molecule has 1 saturated carbocycles. The van der Waals surface area contributed by atoms with Crippen molar-refractivity contribution in [1.82, 2.24) is 4.90 Å². The third-order valence-electron chi connectivity index (χ3n) is 3.40. The normalized spacial score (nSPS) is 25.9. The minimum Gasteiger partial charge on any atom is -0.342 e. The average Bonchev–Trinajstić information content (AvgIpc) is 2.62. The van der Waals surface area contributed by atoms with Crippen LogP contribution in [0.4, 0.5) is 0 Å². The van der Waals surface area contributed by atoms with Gasteiger partial charge in [0.1, 0.15) is 0 Å². The van der Waals surface area contributed by atoms with E-state index >= 15 is 0 Å². The fourth-order valence-corrected chi connectivity index (χ4v) is 2.48. The standard InChI is InChI=1S/C12H24N2O/c1-9(2)7-12(15)14(3)11-6-4-5-10(11)8-13/h9-11H,4-8,13H2,1-3H3. The first-order valence-electron chi connectivity index (χ1n) is 6.02. The summed E-state index contributed by atoms with van der Waals surface area (Å²) in [5.41, 5.74) is 5.73. The van der Waals surface area contributed by atoms with Gasteiger partial charge in [0, 0.05) is 19.5 Å². The second kappa shape index (κ2) is 5.50. The lowest BCUT2D eigenvalue weighted by Crippen LogP contribution is -2.41. The summed E-state index contributed by atoms with van der Waals surface area (Å²) in [6.07, 6.45) is 4.18. The molecule has 0 aromatic carbocycles. The van der Waals surface area contributed by atoms with Gasteiger partial charge < -0.3 is 10.6 Å². The van der Waals surface area contributed by atoms with Crippen molar-refractivity contribution < 1.29 is 4.79 Å². The maximum atomic E-state index is 11.9. The van der Waals surface area contributed by atoms with Gasteiger partial charge in [-0.05, 0) is 31.2 Å². The number of amides is 1. The molecule has 0 bridgehead atoms. The molecule has 15 heavy (non-hydrogen) atoms. The summed E-state index contributed by atoms with van der Waals surface area (Å²) in [6, 6.07) is 0.390. The highest BCUT2D eigenvalue weighted by molar-refractivity contribution is 5.76. The van der Waals surface area contributed by atoms with Crippen LogP contribution in [0.3, 0.4) is 0 Å². The molecule has 1 aliphatic rings. The molecule has 1 fully saturated rings. The van der Waals surface area contributed by atoms with Gasteiger partial charge in [0.15, 0.2) is 0 Å². The van der Waals surface area contributed by atoms with E-state index in [1.54, 1.807) is 0 Å². The van der Waals surface area contributed by atoms with Gasteiger partial charge >= 0.3 is 0 Å². The summed E-state index contributed by atoms with van der Waals surface area (Å²) in [7, 11) is 1.93. The Labute approximate surface area is 93.0 Å². The Balaban J connectivity index is 2.51. The Hall–Kier alpha value is -0.570. The van der Waals surface area contributed by atoms with Crippen LogP contribution in [0.15, 0.2) is 0 Å². The maximum absolute atomic E-state index is 11.9. The Kier molecular flexibility index (Phi) is 4.58. The van der Waals surface area contributed by atoms with Crippen LogP contribution in [0.2, 0.25) is 0 Å². The number of nitrogens with zero attached hydrogens (tertiary/aromatic N) is 1. The van der Waals surface area contributed by atoms with Crippen LogP contribution in [-0.4, -0.2) is 30.4 Å². The number of carbonyl (C=O) groups is 1. The van der Waals surface area contributed by atoms with Crippen molar-refractivity contribution in [3.63, 3.8) is 0 Å². The third kappa shape index (κ3) is 3.20. The first kappa shape index (κ1) is 12.5. The molecule has 0 spiro atoms. The van der Waals surface area contributed by atoms with Crippen molar-refractivity contribution in [3.8, 4) is 0 Å². The van der Waals surface area contributed by atoms with Crippen molar-refractivity contribution in [3.05, 3.63) is 0 Å². The number of hydrogen-bond acceptors (Lipinski definition) is 2. The Bertz CT molecular complexity index is 216. The fraction of sp³-hybridized carbons (Fsp3) is 0.917. The summed E-state index contributed by atoms with van der Waals surface area (Å²) in [5, 5.41) is 0. The average molecular weight is 212 g/mol. The van der Waals surface area contributed by atoms with Crippen molar-refractivity contribution in [2.45, 2.75) is 45.6 Å². The SMILES string of the molecule is CC(C)CC(=O)N(C)C1CCCC1CN. The topological polar surface area (TPSA) is 46.3 Å². The van der Waals surface area contributed by atoms with Crippen molar-refractivity contribution in [1.29, 1.82) is 0 Å². The third-order valence-corrected chi connectivity index (χ3v) is 3.40. The second-order valence-electron chi connectivity index (χ2n) is 5.10. The zero-order valence-corrected chi connectivity index (χ0v) is 10.2. The van der Waals surface area contributed by atoms with Gasteiger partial charge in [-0.25, -0.2) is 0 Å². The fourth-order valence-electron chi connectivity index (χ4n) is 2.48. The molecule has 0 radical (unpaired) electrons. The molecule has 0 aromatic rings. The Morgan fingerprint density at radius 2 is 2.13 bits per heavy atom. The van der Waals surface area contributed by atoms with Crippen molar-refractivity contribution >= 4 is 5.91 Å². The van der Waals surface area contributed by atoms with E-state index in [-0.39, 0.29) is 5.91 Å². The van der Waals surface area contributed by atoms with Crippen LogP contribution >= 0.6 is 0 Å². The van der Waals surface area contributed by atoms with Gasteiger partial charge in [-0.3, -0.25) is 4.79 Å². The van der Waals surface area contributed by atoms with E-state index in [0.717, 1.165) is 6.42 Å². The predicted molar refractivity (Wildman–Crippen MR) is 62.4 cm³/mol. The summed E-state index contributed by atoms with van der Waals surface area (Å²) < 4.78 is 0. The summed E-state index contributed by atoms with van der Waals surface area (Å²) in [4.78, 5) is 13.8. The zero-order chi connectivity index (χ0) is 11.4. The van der Waals surface area contributed by atoms with E-state index < -0.39 is 0 Å². The largest absolute Gasteiger partial charge is 0.342 e. The molecule has 3 nitrogen and oxygen atoms in total. The number of rotatable bonds is 4. The van der Waals surface area contributed by atoms with E-state index in [1.807, 2.05) is 11.9 Å². The van der Waals surface area contributed by atoms with Crippen molar-refractivity contribution in [2.24, 2.45) is 17.6 Å². The van der Waals surface area contributed by atoms with Crippen LogP contribution in [0.5, 0.6) is 0 Å². The molecular weight excluding hydrogens is 188 g/mol. The highest BCUT2D eigenvalue weighted by Crippen LogP contribution is 2.29. The predicted octanol–water partition coefficient (Wildman–Crippen LogP) is 1.62. The lowest BCUT2D eigenvalue weighted by molar-refractivity contribution is -0.133. The molecule has 1 rings (SSSR count). The lowest BCUT2D eigenvalue weighted by atomic mass is 10.0. The van der Waals surface area contributed by atoms with Crippen LogP contribution in [0.1, 0.15) is 39.5 Å². The van der Waals surface area contributed by atoms with Crippen LogP contribution in [-0.2, 0) is 4.79 Å². The monoisotopic (exact) mass is 212 g/mol. The Morgan fingerprint density at radius 3 is 2.67 bits per heavy atom. The van der Waals surface area contributed by atoms with E-state index in [4.69, 9.17) is 5.73 Å². The first-order chi connectivity index (χ1) is 7.06. The van der Waals surface area contributed by atoms with Crippen molar-refractivity contribution in [2.75, 3.05) is 13.6 Å². The summed E-state index contributed by atoms with van der Waals surface area (Å²) >= 11 is 0. The molecule has 0 saturated heterocycles. The highest BCUT2D eigenvalue weighted by atomic mass is 16.2. The van der Waals surface area contributed by atoms with Gasteiger partial charge in [-0.1, -0.05) is 20.3 Å². The molecule has 0 heterocycles. The molecule has 0 aromatic heterocycles. The number of hydrogen-bond donors (Lipinski definition) is 1. The number of carbonyl (C=O) groups excluding carboxylic acids is 1. The van der Waals surface area contributed by atoms with E-state index in [1.165, 1.54) is 12.8 Å². The van der Waals surface area contributed by atoms with Crippen LogP contribution in [0.25, 0.3) is 0 Å². The molecule has 0 aliphatic heterocycles. The second-order valence-corrected chi connectivity index (χ2v) is 5.10. The molecule has 1 amide bonds. The van der Waals surface area contributed by atoms with E-state index in [0.29, 0.717) is 30.8 Å². The molecule has 2 unspecified atom stereocenters. The highest BCUT2D eigenvalue weighted by Gasteiger charge is 2.31. The van der Waals surface area contributed by atoms with Gasteiger partial charge in [-0.2, -0.15) is 0 Å². The molecule has 3 heteroatoms. The quantitative estimate of drug-likeness (QED) is 0.769. The molecule has 1 aliphatic carbocycles. The van der Waals surface area contributed by atoms with Gasteiger partial charge in [0.25, 0.3) is 0 Å². The summed E-state index contributed by atoms with van der Waals surface area (Å²) in [5.74, 6) is 1.24. The van der Waals surface area contributed by atoms with E-state index in [9.17, 15) is 4.79 Å². The molecular formula is C12H24N2O. The Morgan fingerprint density at radius 1 is 1.47 bits per heavy atom. The van der Waals surface area contributed by atoms with Crippen LogP contribution in [0, 0.1) is 11.8 Å². The minimum absolute atomic E-state index is 0.273. The smallest absolute Gasteiger partial charge is 0.222 e. The van der Waals surface area contributed by atoms with Crippen LogP contribution < -0.4 is 5.73 Å². The molecule has 2 atom stereocenters. The maximum Gasteiger partial charge on any atom is 0.222 e. The zero-order valence-electron chi connectivity index (χ0n) is 10.2. The van der Waals surface area contributed by atoms with E-state index in [2.05, 4.69) is 13.8 Å². The lowest BCUT2D eigenvalue weighted by Gasteiger charge is -2.29. The molecule has 88 valence electrons. The van der Waals surface area contributed by atoms with Gasteiger partial charge in [0.2, 0.25) is 5.91 Å². The first-order valence-corrected chi connectivity index (χ1v) is 6.02. The van der Waals surface area contributed by atoms with Gasteiger partial charge in [-0.15, -0.1) is 0 Å². The summed E-state index contributed by atoms with van der Waals surface area (Å²) in [6.45, 7) is 4.88. The minimum atomic E-state index is 0.273. The molecule has 2 N–H and O–H groups in total.